The minimum Gasteiger partial charge on any atom is -0.299 e. The molecule has 3 aromatic rings. The molecule has 0 fully saturated rings. The van der Waals surface area contributed by atoms with Gasteiger partial charge in [0.15, 0.2) is 5.82 Å². The number of benzene rings is 2. The van der Waals surface area contributed by atoms with Crippen molar-refractivity contribution >= 4 is 17.4 Å². The van der Waals surface area contributed by atoms with Crippen LogP contribution in [0.4, 0.5) is 4.39 Å². The van der Waals surface area contributed by atoms with Crippen LogP contribution >= 0.6 is 11.6 Å². The van der Waals surface area contributed by atoms with Gasteiger partial charge in [0.05, 0.1) is 11.4 Å². The molecule has 146 valence electrons. The zero-order chi connectivity index (χ0) is 20.3. The molecule has 0 atom stereocenters. The van der Waals surface area contributed by atoms with E-state index < -0.39 is 5.82 Å². The van der Waals surface area contributed by atoms with Gasteiger partial charge < -0.3 is 0 Å². The third-order valence-corrected chi connectivity index (χ3v) is 4.86. The van der Waals surface area contributed by atoms with Gasteiger partial charge in [-0.3, -0.25) is 4.79 Å². The molecule has 0 amide bonds. The highest BCUT2D eigenvalue weighted by molar-refractivity contribution is 6.30. The first-order valence-corrected chi connectivity index (χ1v) is 9.71. The minimum atomic E-state index is -0.516. The fourth-order valence-corrected chi connectivity index (χ4v) is 3.40. The summed E-state index contributed by atoms with van der Waals surface area (Å²) in [5, 5.41) is 4.46. The summed E-state index contributed by atoms with van der Waals surface area (Å²) in [7, 11) is 0. The Balaban J connectivity index is 1.71. The number of hydrogen-bond donors (Lipinski definition) is 0. The first-order chi connectivity index (χ1) is 13.4. The molecule has 6 heteroatoms. The standard InChI is InChI=1S/C22H23ClFN3O/c1-4-27-21(25-22(26-27)17-6-8-19(23)20(24)12-17)13-18(28)7-5-16-10-14(2)9-15(3)11-16/h6,8-12H,4-5,7,13H2,1-3H3. The van der Waals surface area contributed by atoms with Gasteiger partial charge in [-0.25, -0.2) is 14.1 Å². The number of Topliss-reactive ketones (excluding diaryl/α,β-unsaturated/α-hetero) is 1. The maximum absolute atomic E-state index is 13.7. The molecular weight excluding hydrogens is 377 g/mol. The number of rotatable bonds is 7. The lowest BCUT2D eigenvalue weighted by atomic mass is 10.0. The largest absolute Gasteiger partial charge is 0.299 e. The number of ketones is 1. The number of halogens is 2. The van der Waals surface area contributed by atoms with Crippen LogP contribution in [0, 0.1) is 19.7 Å². The Morgan fingerprint density at radius 2 is 1.86 bits per heavy atom. The molecule has 3 rings (SSSR count). The number of aryl methyl sites for hydroxylation is 4. The van der Waals surface area contributed by atoms with E-state index in [1.165, 1.54) is 28.8 Å². The van der Waals surface area contributed by atoms with Crippen LogP contribution in [0.25, 0.3) is 11.4 Å². The Bertz CT molecular complexity index is 993. The molecule has 0 saturated carbocycles. The topological polar surface area (TPSA) is 47.8 Å². The lowest BCUT2D eigenvalue weighted by Gasteiger charge is -2.05. The highest BCUT2D eigenvalue weighted by Crippen LogP contribution is 2.22. The molecule has 1 heterocycles. The lowest BCUT2D eigenvalue weighted by molar-refractivity contribution is -0.118. The van der Waals surface area contributed by atoms with Gasteiger partial charge in [0, 0.05) is 18.5 Å². The van der Waals surface area contributed by atoms with Crippen LogP contribution in [-0.2, 0) is 24.2 Å². The van der Waals surface area contributed by atoms with Crippen molar-refractivity contribution in [2.24, 2.45) is 0 Å². The summed E-state index contributed by atoms with van der Waals surface area (Å²) in [4.78, 5) is 17.0. The first-order valence-electron chi connectivity index (χ1n) is 9.33. The molecular formula is C22H23ClFN3O. The second-order valence-electron chi connectivity index (χ2n) is 7.01. The second kappa shape index (κ2) is 8.65. The molecule has 2 aromatic carbocycles. The fourth-order valence-electron chi connectivity index (χ4n) is 3.28. The maximum atomic E-state index is 13.7. The summed E-state index contributed by atoms with van der Waals surface area (Å²) >= 11 is 5.74. The van der Waals surface area contributed by atoms with Gasteiger partial charge in [-0.15, -0.1) is 0 Å². The Morgan fingerprint density at radius 1 is 1.14 bits per heavy atom. The van der Waals surface area contributed by atoms with Gasteiger partial charge in [0.25, 0.3) is 0 Å². The normalized spacial score (nSPS) is 11.0. The predicted molar refractivity (Wildman–Crippen MR) is 109 cm³/mol. The van der Waals surface area contributed by atoms with Crippen LogP contribution < -0.4 is 0 Å². The Kier molecular flexibility index (Phi) is 6.25. The van der Waals surface area contributed by atoms with Crippen LogP contribution in [0.5, 0.6) is 0 Å². The van der Waals surface area contributed by atoms with Crippen LogP contribution in [0.15, 0.2) is 36.4 Å². The number of carbonyl (C=O) groups is 1. The zero-order valence-electron chi connectivity index (χ0n) is 16.3. The average Bonchev–Trinajstić information content (AvgIpc) is 3.04. The van der Waals surface area contributed by atoms with Crippen molar-refractivity contribution in [1.29, 1.82) is 0 Å². The second-order valence-corrected chi connectivity index (χ2v) is 7.41. The van der Waals surface area contributed by atoms with E-state index in [9.17, 15) is 9.18 Å². The fraction of sp³-hybridized carbons (Fsp3) is 0.318. The van der Waals surface area contributed by atoms with E-state index in [1.54, 1.807) is 10.7 Å². The van der Waals surface area contributed by atoms with Crippen molar-refractivity contribution in [1.82, 2.24) is 14.8 Å². The molecule has 0 aliphatic carbocycles. The van der Waals surface area contributed by atoms with Crippen LogP contribution in [0.3, 0.4) is 0 Å². The van der Waals surface area contributed by atoms with Crippen LogP contribution in [-0.4, -0.2) is 20.5 Å². The van der Waals surface area contributed by atoms with Gasteiger partial charge in [-0.1, -0.05) is 40.9 Å². The van der Waals surface area contributed by atoms with E-state index >= 15 is 0 Å². The van der Waals surface area contributed by atoms with E-state index in [0.717, 1.165) is 0 Å². The van der Waals surface area contributed by atoms with E-state index in [-0.39, 0.29) is 17.2 Å². The predicted octanol–water partition coefficient (Wildman–Crippen LogP) is 5.12. The van der Waals surface area contributed by atoms with Crippen molar-refractivity contribution < 1.29 is 9.18 Å². The van der Waals surface area contributed by atoms with Crippen molar-refractivity contribution in [2.45, 2.75) is 46.6 Å². The summed E-state index contributed by atoms with van der Waals surface area (Å²) < 4.78 is 15.4. The smallest absolute Gasteiger partial charge is 0.181 e. The molecule has 0 aliphatic heterocycles. The maximum Gasteiger partial charge on any atom is 0.181 e. The molecule has 0 bridgehead atoms. The molecule has 0 spiro atoms. The van der Waals surface area contributed by atoms with E-state index in [1.807, 2.05) is 6.92 Å². The zero-order valence-corrected chi connectivity index (χ0v) is 17.1. The Morgan fingerprint density at radius 3 is 2.50 bits per heavy atom. The number of nitrogens with zero attached hydrogens (tertiary/aromatic N) is 3. The molecule has 0 N–H and O–H groups in total. The van der Waals surface area contributed by atoms with Gasteiger partial charge in [-0.2, -0.15) is 5.10 Å². The molecule has 4 nitrogen and oxygen atoms in total. The summed E-state index contributed by atoms with van der Waals surface area (Å²) in [5.74, 6) is 0.584. The van der Waals surface area contributed by atoms with Crippen LogP contribution in [0.2, 0.25) is 5.02 Å². The SMILES string of the molecule is CCn1nc(-c2ccc(Cl)c(F)c2)nc1CC(=O)CCc1cc(C)cc(C)c1. The number of carbonyl (C=O) groups excluding carboxylic acids is 1. The van der Waals surface area contributed by atoms with Gasteiger partial charge >= 0.3 is 0 Å². The van der Waals surface area contributed by atoms with E-state index in [0.29, 0.717) is 36.6 Å². The minimum absolute atomic E-state index is 0.0560. The summed E-state index contributed by atoms with van der Waals surface area (Å²) in [6.45, 7) is 6.64. The first kappa shape index (κ1) is 20.2. The highest BCUT2D eigenvalue weighted by atomic mass is 35.5. The molecule has 0 aliphatic rings. The molecule has 1 aromatic heterocycles. The number of aromatic nitrogens is 3. The Labute approximate surface area is 169 Å². The van der Waals surface area contributed by atoms with E-state index in [2.05, 4.69) is 42.1 Å². The van der Waals surface area contributed by atoms with Crippen molar-refractivity contribution in [2.75, 3.05) is 0 Å². The number of hydrogen-bond acceptors (Lipinski definition) is 3. The van der Waals surface area contributed by atoms with Gasteiger partial charge in [0.1, 0.15) is 17.4 Å². The molecule has 0 saturated heterocycles. The van der Waals surface area contributed by atoms with Gasteiger partial charge in [-0.05, 0) is 51.0 Å². The van der Waals surface area contributed by atoms with Crippen molar-refractivity contribution in [3.63, 3.8) is 0 Å². The third kappa shape index (κ3) is 4.84. The molecule has 0 radical (unpaired) electrons. The quantitative estimate of drug-likeness (QED) is 0.554. The summed E-state index contributed by atoms with van der Waals surface area (Å²) in [6.07, 6.45) is 1.36. The lowest BCUT2D eigenvalue weighted by Crippen LogP contribution is -2.11. The van der Waals surface area contributed by atoms with E-state index in [4.69, 9.17) is 11.6 Å². The van der Waals surface area contributed by atoms with Crippen molar-refractivity contribution in [3.05, 3.63) is 69.8 Å². The highest BCUT2D eigenvalue weighted by Gasteiger charge is 2.15. The molecule has 28 heavy (non-hydrogen) atoms. The third-order valence-electron chi connectivity index (χ3n) is 4.55. The summed E-state index contributed by atoms with van der Waals surface area (Å²) in [5.41, 5.74) is 4.11. The summed E-state index contributed by atoms with van der Waals surface area (Å²) in [6, 6.07) is 10.8. The monoisotopic (exact) mass is 399 g/mol. The molecule has 0 unspecified atom stereocenters. The Hall–Kier alpha value is -2.53. The van der Waals surface area contributed by atoms with Crippen LogP contribution in [0.1, 0.15) is 35.9 Å². The average molecular weight is 400 g/mol. The van der Waals surface area contributed by atoms with Gasteiger partial charge in [0.2, 0.25) is 0 Å². The van der Waals surface area contributed by atoms with Crippen molar-refractivity contribution in [3.8, 4) is 11.4 Å².